The zero-order valence-electron chi connectivity index (χ0n) is 19.6. The Labute approximate surface area is 201 Å². The largest absolute Gasteiger partial charge is 0.504 e. The molecule has 4 aromatic rings. The lowest BCUT2D eigenvalue weighted by molar-refractivity contribution is -0.107. The summed E-state index contributed by atoms with van der Waals surface area (Å²) in [5.74, 6) is 2.83. The zero-order valence-corrected chi connectivity index (χ0v) is 20.3. The van der Waals surface area contributed by atoms with Crippen LogP contribution in [0.3, 0.4) is 0 Å². The summed E-state index contributed by atoms with van der Waals surface area (Å²) in [6.45, 7) is 4.22. The standard InChI is InChI=1S/C12H11ClN2O3.C12H15NO3/c1-6-14-11-10-7(3-13)4-15(5-16)8(10)2-9(17)12(11)18-6;1-7-5-8-6-9(14-2)11(15-3)12(16-4)10(8)13-7/h2,5,7,17H,3-4H2,1H3;5-6,13H,1-4H3. The smallest absolute Gasteiger partial charge is 0.214 e. The molecule has 1 aliphatic heterocycles. The number of aromatic amines is 1. The molecule has 0 saturated heterocycles. The number of hydrogen-bond acceptors (Lipinski definition) is 7. The second-order valence-electron chi connectivity index (χ2n) is 7.91. The highest BCUT2D eigenvalue weighted by Gasteiger charge is 2.33. The predicted molar refractivity (Wildman–Crippen MR) is 130 cm³/mol. The van der Waals surface area contributed by atoms with E-state index in [0.29, 0.717) is 52.4 Å². The minimum Gasteiger partial charge on any atom is -0.504 e. The van der Waals surface area contributed by atoms with Crippen molar-refractivity contribution >= 4 is 45.7 Å². The number of H-pyrrole nitrogens is 1. The van der Waals surface area contributed by atoms with E-state index in [9.17, 15) is 9.90 Å². The van der Waals surface area contributed by atoms with E-state index in [-0.39, 0.29) is 11.7 Å². The van der Waals surface area contributed by atoms with Crippen LogP contribution in [0.2, 0.25) is 0 Å². The van der Waals surface area contributed by atoms with Crippen molar-refractivity contribution in [2.24, 2.45) is 0 Å². The van der Waals surface area contributed by atoms with Gasteiger partial charge in [0.15, 0.2) is 28.7 Å². The van der Waals surface area contributed by atoms with Crippen LogP contribution in [0.25, 0.3) is 22.0 Å². The van der Waals surface area contributed by atoms with E-state index in [1.54, 1.807) is 28.3 Å². The second kappa shape index (κ2) is 9.34. The third-order valence-electron chi connectivity index (χ3n) is 5.77. The van der Waals surface area contributed by atoms with Gasteiger partial charge in [0.25, 0.3) is 0 Å². The number of oxazole rings is 1. The molecule has 34 heavy (non-hydrogen) atoms. The number of phenols is 1. The lowest BCUT2D eigenvalue weighted by Crippen LogP contribution is -2.19. The van der Waals surface area contributed by atoms with E-state index in [1.807, 2.05) is 19.1 Å². The second-order valence-corrected chi connectivity index (χ2v) is 8.22. The Hall–Kier alpha value is -3.59. The van der Waals surface area contributed by atoms with Crippen molar-refractivity contribution in [2.75, 3.05) is 38.7 Å². The Morgan fingerprint density at radius 1 is 1.21 bits per heavy atom. The molecule has 3 heterocycles. The third-order valence-corrected chi connectivity index (χ3v) is 6.15. The third kappa shape index (κ3) is 3.86. The average molecular weight is 488 g/mol. The fourth-order valence-corrected chi connectivity index (χ4v) is 4.61. The van der Waals surface area contributed by atoms with Gasteiger partial charge in [0.1, 0.15) is 5.52 Å². The van der Waals surface area contributed by atoms with E-state index in [2.05, 4.69) is 9.97 Å². The molecule has 1 atom stereocenters. The normalized spacial score (nSPS) is 14.6. The Morgan fingerprint density at radius 3 is 2.56 bits per heavy atom. The number of halogens is 1. The number of fused-ring (bicyclic) bond motifs is 4. The number of amides is 1. The number of aromatic nitrogens is 2. The number of phenolic OH excluding ortho intramolecular Hbond substituents is 1. The Kier molecular flexibility index (Phi) is 6.47. The Morgan fingerprint density at radius 2 is 1.94 bits per heavy atom. The van der Waals surface area contributed by atoms with Gasteiger partial charge in [0, 0.05) is 48.0 Å². The minimum atomic E-state index is -0.00794. The van der Waals surface area contributed by atoms with Gasteiger partial charge in [-0.15, -0.1) is 11.6 Å². The van der Waals surface area contributed by atoms with Crippen molar-refractivity contribution in [2.45, 2.75) is 19.8 Å². The number of aryl methyl sites for hydroxylation is 2. The number of hydrogen-bond donors (Lipinski definition) is 2. The molecule has 0 saturated carbocycles. The summed E-state index contributed by atoms with van der Waals surface area (Å²) in [7, 11) is 4.83. The van der Waals surface area contributed by atoms with Gasteiger partial charge in [-0.1, -0.05) is 0 Å². The molecule has 2 aromatic heterocycles. The first-order valence-corrected chi connectivity index (χ1v) is 11.1. The Bertz CT molecular complexity index is 1360. The van der Waals surface area contributed by atoms with Crippen LogP contribution in [0.5, 0.6) is 23.0 Å². The summed E-state index contributed by atoms with van der Waals surface area (Å²) >= 11 is 5.94. The van der Waals surface area contributed by atoms with Crippen LogP contribution < -0.4 is 19.1 Å². The van der Waals surface area contributed by atoms with Gasteiger partial charge < -0.3 is 33.6 Å². The number of rotatable bonds is 5. The molecule has 1 amide bonds. The summed E-state index contributed by atoms with van der Waals surface area (Å²) in [6.07, 6.45) is 0.740. The zero-order chi connectivity index (χ0) is 24.6. The lowest BCUT2D eigenvalue weighted by Gasteiger charge is -2.12. The molecule has 2 N–H and O–H groups in total. The number of nitrogens with zero attached hydrogens (tertiary/aromatic N) is 2. The number of ether oxygens (including phenoxy) is 3. The summed E-state index contributed by atoms with van der Waals surface area (Å²) < 4.78 is 21.3. The fourth-order valence-electron chi connectivity index (χ4n) is 4.35. The molecule has 0 fully saturated rings. The molecule has 0 aliphatic carbocycles. The van der Waals surface area contributed by atoms with Crippen LogP contribution in [0.4, 0.5) is 5.69 Å². The molecule has 9 nitrogen and oxygen atoms in total. The first-order valence-electron chi connectivity index (χ1n) is 10.6. The van der Waals surface area contributed by atoms with E-state index < -0.39 is 0 Å². The monoisotopic (exact) mass is 487 g/mol. The highest BCUT2D eigenvalue weighted by atomic mass is 35.5. The molecule has 180 valence electrons. The number of anilines is 1. The molecule has 2 aromatic carbocycles. The topological polar surface area (TPSA) is 110 Å². The van der Waals surface area contributed by atoms with Crippen LogP contribution in [0, 0.1) is 13.8 Å². The van der Waals surface area contributed by atoms with Crippen molar-refractivity contribution in [1.82, 2.24) is 9.97 Å². The first-order chi connectivity index (χ1) is 16.4. The number of nitrogens with one attached hydrogen (secondary N) is 1. The maximum absolute atomic E-state index is 11.0. The minimum absolute atomic E-state index is 0.00794. The van der Waals surface area contributed by atoms with Crippen molar-refractivity contribution in [1.29, 1.82) is 0 Å². The molecular formula is C24H26ClN3O6. The van der Waals surface area contributed by atoms with E-state index in [0.717, 1.165) is 28.6 Å². The van der Waals surface area contributed by atoms with E-state index in [4.69, 9.17) is 30.2 Å². The summed E-state index contributed by atoms with van der Waals surface area (Å²) in [6, 6.07) is 5.50. The predicted octanol–water partition coefficient (Wildman–Crippen LogP) is 4.64. The van der Waals surface area contributed by atoms with Crippen molar-refractivity contribution in [3.63, 3.8) is 0 Å². The van der Waals surface area contributed by atoms with Crippen LogP contribution in [-0.2, 0) is 4.79 Å². The van der Waals surface area contributed by atoms with Crippen molar-refractivity contribution in [3.8, 4) is 23.0 Å². The number of carbonyl (C=O) groups is 1. The van der Waals surface area contributed by atoms with Gasteiger partial charge in [0.2, 0.25) is 12.2 Å². The van der Waals surface area contributed by atoms with E-state index in [1.165, 1.54) is 11.0 Å². The highest BCUT2D eigenvalue weighted by Crippen LogP contribution is 2.45. The van der Waals surface area contributed by atoms with Gasteiger partial charge in [-0.25, -0.2) is 4.98 Å². The first kappa shape index (κ1) is 23.6. The van der Waals surface area contributed by atoms with Gasteiger partial charge in [0.05, 0.1) is 32.5 Å². The lowest BCUT2D eigenvalue weighted by atomic mass is 10.0. The van der Waals surface area contributed by atoms with Crippen LogP contribution in [-0.4, -0.2) is 55.2 Å². The van der Waals surface area contributed by atoms with Gasteiger partial charge in [-0.05, 0) is 19.1 Å². The molecule has 10 heteroatoms. The summed E-state index contributed by atoms with van der Waals surface area (Å²) in [5.41, 5.74) is 4.49. The molecule has 1 aliphatic rings. The summed E-state index contributed by atoms with van der Waals surface area (Å²) in [4.78, 5) is 20.1. The molecule has 1 unspecified atom stereocenters. The van der Waals surface area contributed by atoms with Gasteiger partial charge in [-0.3, -0.25) is 4.79 Å². The van der Waals surface area contributed by atoms with Crippen LogP contribution >= 0.6 is 11.6 Å². The number of alkyl halides is 1. The van der Waals surface area contributed by atoms with Crippen LogP contribution in [0.1, 0.15) is 23.1 Å². The molecular weight excluding hydrogens is 462 g/mol. The molecule has 0 radical (unpaired) electrons. The van der Waals surface area contributed by atoms with Crippen LogP contribution in [0.15, 0.2) is 22.6 Å². The van der Waals surface area contributed by atoms with Crippen molar-refractivity contribution in [3.05, 3.63) is 35.3 Å². The van der Waals surface area contributed by atoms with Gasteiger partial charge in [-0.2, -0.15) is 0 Å². The van der Waals surface area contributed by atoms with Gasteiger partial charge >= 0.3 is 0 Å². The molecule has 0 bridgehead atoms. The van der Waals surface area contributed by atoms with E-state index >= 15 is 0 Å². The SMILES string of the molecule is COc1cc2cc(C)[nH]c2c(OC)c1OC.Cc1nc2c3c(cc(O)c2o1)N(C=O)CC3CCl. The van der Waals surface area contributed by atoms with Crippen molar-refractivity contribution < 1.29 is 28.5 Å². The quantitative estimate of drug-likeness (QED) is 0.311. The molecule has 0 spiro atoms. The average Bonchev–Trinajstić information content (AvgIpc) is 3.51. The maximum atomic E-state index is 11.0. The Balaban J connectivity index is 0.000000162. The highest BCUT2D eigenvalue weighted by molar-refractivity contribution is 6.18. The summed E-state index contributed by atoms with van der Waals surface area (Å²) in [5, 5.41) is 11.0. The number of methoxy groups -OCH3 is 3. The molecule has 5 rings (SSSR count). The fraction of sp³-hybridized carbons (Fsp3) is 0.333. The number of carbonyl (C=O) groups excluding carboxylic acids is 1. The number of aromatic hydroxyl groups is 1. The number of benzene rings is 2. The maximum Gasteiger partial charge on any atom is 0.214 e.